The minimum atomic E-state index is 0.935. The molecule has 0 fully saturated rings. The number of benzene rings is 2. The fraction of sp³-hybridized carbons (Fsp3) is 0.400. The van der Waals surface area contributed by atoms with Crippen LogP contribution in [0.4, 0.5) is 11.4 Å². The topological polar surface area (TPSA) is 3.24 Å². The molecule has 0 unspecified atom stereocenters. The molecule has 0 aliphatic carbocycles. The largest absolute Gasteiger partial charge is 0.341 e. The second kappa shape index (κ2) is 22.0. The Morgan fingerprint density at radius 3 is 1.91 bits per heavy atom. The zero-order valence-corrected chi connectivity index (χ0v) is 22.8. The van der Waals surface area contributed by atoms with Crippen molar-refractivity contribution in [2.75, 3.05) is 17.2 Å². The molecule has 0 aromatic heterocycles. The number of nitrogens with zero attached hydrogens (tertiary/aromatic N) is 1. The molecule has 0 bridgehead atoms. The van der Waals surface area contributed by atoms with E-state index in [1.807, 2.05) is 32.9 Å². The first-order valence-corrected chi connectivity index (χ1v) is 12.6. The first-order chi connectivity index (χ1) is 15.5. The highest BCUT2D eigenvalue weighted by Gasteiger charge is 2.11. The molecule has 0 heterocycles. The van der Waals surface area contributed by atoms with Crippen molar-refractivity contribution in [3.8, 4) is 0 Å². The van der Waals surface area contributed by atoms with Gasteiger partial charge in [0.25, 0.3) is 0 Å². The zero-order chi connectivity index (χ0) is 24.8. The van der Waals surface area contributed by atoms with Crippen molar-refractivity contribution in [1.82, 2.24) is 0 Å². The van der Waals surface area contributed by atoms with Gasteiger partial charge in [0.05, 0.1) is 0 Å². The van der Waals surface area contributed by atoms with Crippen LogP contribution in [-0.2, 0) is 0 Å². The van der Waals surface area contributed by atoms with Gasteiger partial charge in [-0.3, -0.25) is 0 Å². The van der Waals surface area contributed by atoms with Gasteiger partial charge in [-0.15, -0.1) is 0 Å². The van der Waals surface area contributed by atoms with Crippen LogP contribution < -0.4 is 4.90 Å². The highest BCUT2D eigenvalue weighted by atomic mass is 32.1. The summed E-state index contributed by atoms with van der Waals surface area (Å²) in [6, 6.07) is 16.8. The Labute approximate surface area is 205 Å². The maximum absolute atomic E-state index is 4.13. The molecule has 0 aliphatic rings. The van der Waals surface area contributed by atoms with E-state index in [1.54, 1.807) is 0 Å². The molecule has 2 aromatic rings. The molecule has 0 atom stereocenters. The molecule has 32 heavy (non-hydrogen) atoms. The van der Waals surface area contributed by atoms with E-state index in [4.69, 9.17) is 0 Å². The Morgan fingerprint density at radius 1 is 0.938 bits per heavy atom. The standard InChI is InChI=1S/C17H19N.C8H14S.C3H8.C2H6/c1-4-15-11-7-9-13-17(15)18(5-2)16-12-8-6-10-14(16)3;1-3-5-8(4-2)6-7-9;1-3-2;1-2/h4,6-13H,1,5H2,2-3H3;3-5,9H,6-7H2,1-2H3;3H2,1-2H3;1-2H3/b;5-3-,8-4+;;. The summed E-state index contributed by atoms with van der Waals surface area (Å²) < 4.78 is 0. The van der Waals surface area contributed by atoms with Crippen LogP contribution >= 0.6 is 12.6 Å². The number of rotatable bonds is 7. The minimum Gasteiger partial charge on any atom is -0.341 e. The fourth-order valence-electron chi connectivity index (χ4n) is 2.91. The Hall–Kier alpha value is -2.19. The van der Waals surface area contributed by atoms with E-state index < -0.39 is 0 Å². The summed E-state index contributed by atoms with van der Waals surface area (Å²) in [5.41, 5.74) is 6.30. The summed E-state index contributed by atoms with van der Waals surface area (Å²) >= 11 is 4.13. The normalized spacial score (nSPS) is 10.1. The predicted octanol–water partition coefficient (Wildman–Crippen LogP) is 10.1. The molecule has 0 aliphatic heterocycles. The van der Waals surface area contributed by atoms with Gasteiger partial charge in [0.2, 0.25) is 0 Å². The van der Waals surface area contributed by atoms with Gasteiger partial charge in [0.1, 0.15) is 0 Å². The number of allylic oxidation sites excluding steroid dienone is 4. The van der Waals surface area contributed by atoms with Crippen molar-refractivity contribution < 1.29 is 0 Å². The van der Waals surface area contributed by atoms with Crippen LogP contribution in [0.15, 0.2) is 78.9 Å². The minimum absolute atomic E-state index is 0.935. The average Bonchev–Trinajstić information content (AvgIpc) is 2.83. The molecule has 0 spiro atoms. The molecule has 0 saturated carbocycles. The molecule has 178 valence electrons. The highest BCUT2D eigenvalue weighted by Crippen LogP contribution is 2.30. The summed E-state index contributed by atoms with van der Waals surface area (Å²) in [6.45, 7) is 21.5. The Morgan fingerprint density at radius 2 is 1.47 bits per heavy atom. The fourth-order valence-corrected chi connectivity index (χ4v) is 3.17. The smallest absolute Gasteiger partial charge is 0.0484 e. The SMILES string of the molecule is C/C=C\C(=C/C)CCS.C=Cc1ccccc1N(CC)c1ccccc1C.CC.CCC. The predicted molar refractivity (Wildman–Crippen MR) is 155 cm³/mol. The van der Waals surface area contributed by atoms with Gasteiger partial charge in [0.15, 0.2) is 0 Å². The van der Waals surface area contributed by atoms with Crippen molar-refractivity contribution in [3.63, 3.8) is 0 Å². The molecule has 2 rings (SSSR count). The van der Waals surface area contributed by atoms with Crippen LogP contribution in [0.1, 0.15) is 72.4 Å². The van der Waals surface area contributed by atoms with Crippen LogP contribution in [0.25, 0.3) is 6.08 Å². The lowest BCUT2D eigenvalue weighted by Gasteiger charge is -2.26. The molecular weight excluding hydrogens is 406 g/mol. The van der Waals surface area contributed by atoms with E-state index in [1.165, 1.54) is 34.5 Å². The molecule has 2 aromatic carbocycles. The monoisotopic (exact) mass is 453 g/mol. The lowest BCUT2D eigenvalue weighted by molar-refractivity contribution is 1.01. The molecule has 2 heteroatoms. The van der Waals surface area contributed by atoms with Crippen LogP contribution in [0, 0.1) is 6.92 Å². The zero-order valence-electron chi connectivity index (χ0n) is 21.9. The second-order valence-electron chi connectivity index (χ2n) is 6.84. The van der Waals surface area contributed by atoms with Gasteiger partial charge in [0, 0.05) is 17.9 Å². The number of hydrogen-bond acceptors (Lipinski definition) is 2. The molecule has 0 N–H and O–H groups in total. The van der Waals surface area contributed by atoms with Crippen molar-refractivity contribution in [2.45, 2.75) is 68.2 Å². The lowest BCUT2D eigenvalue weighted by atomic mass is 10.1. The van der Waals surface area contributed by atoms with E-state index >= 15 is 0 Å². The molecule has 0 radical (unpaired) electrons. The van der Waals surface area contributed by atoms with Crippen molar-refractivity contribution in [1.29, 1.82) is 0 Å². The van der Waals surface area contributed by atoms with Gasteiger partial charge in [-0.2, -0.15) is 12.6 Å². The number of aryl methyl sites for hydroxylation is 1. The van der Waals surface area contributed by atoms with Gasteiger partial charge in [-0.1, -0.05) is 107 Å². The Balaban J connectivity index is 0. The van der Waals surface area contributed by atoms with E-state index in [0.717, 1.165) is 18.7 Å². The summed E-state index contributed by atoms with van der Waals surface area (Å²) in [5.74, 6) is 0.935. The first-order valence-electron chi connectivity index (χ1n) is 12.0. The third-order valence-corrected chi connectivity index (χ3v) is 4.55. The van der Waals surface area contributed by atoms with Crippen molar-refractivity contribution >= 4 is 30.1 Å². The first kappa shape index (κ1) is 32.0. The maximum atomic E-state index is 4.13. The van der Waals surface area contributed by atoms with Crippen molar-refractivity contribution in [3.05, 3.63) is 90.0 Å². The van der Waals surface area contributed by atoms with Gasteiger partial charge in [-0.25, -0.2) is 0 Å². The number of anilines is 2. The molecular formula is C30H47NS. The van der Waals surface area contributed by atoms with E-state index in [0.29, 0.717) is 0 Å². The third-order valence-electron chi connectivity index (χ3n) is 4.32. The average molecular weight is 454 g/mol. The van der Waals surface area contributed by atoms with Crippen LogP contribution in [0.2, 0.25) is 0 Å². The highest BCUT2D eigenvalue weighted by molar-refractivity contribution is 7.80. The van der Waals surface area contributed by atoms with Crippen LogP contribution in [-0.4, -0.2) is 12.3 Å². The number of hydrogen-bond donors (Lipinski definition) is 1. The summed E-state index contributed by atoms with van der Waals surface area (Å²) in [7, 11) is 0. The quantitative estimate of drug-likeness (QED) is 0.322. The number of thiol groups is 1. The summed E-state index contributed by atoms with van der Waals surface area (Å²) in [4.78, 5) is 2.33. The molecule has 0 saturated heterocycles. The Kier molecular flexibility index (Phi) is 22.0. The van der Waals surface area contributed by atoms with Crippen molar-refractivity contribution in [2.24, 2.45) is 0 Å². The second-order valence-corrected chi connectivity index (χ2v) is 7.29. The lowest BCUT2D eigenvalue weighted by Crippen LogP contribution is -2.17. The molecule has 0 amide bonds. The Bertz CT molecular complexity index is 774. The van der Waals surface area contributed by atoms with Gasteiger partial charge >= 0.3 is 0 Å². The van der Waals surface area contributed by atoms with Gasteiger partial charge < -0.3 is 4.90 Å². The number of para-hydroxylation sites is 2. The van der Waals surface area contributed by atoms with E-state index in [-0.39, 0.29) is 0 Å². The maximum Gasteiger partial charge on any atom is 0.0484 e. The van der Waals surface area contributed by atoms with Crippen LogP contribution in [0.5, 0.6) is 0 Å². The van der Waals surface area contributed by atoms with Gasteiger partial charge in [-0.05, 0) is 63.1 Å². The van der Waals surface area contributed by atoms with E-state index in [9.17, 15) is 0 Å². The summed E-state index contributed by atoms with van der Waals surface area (Å²) in [6.07, 6.45) is 10.5. The summed E-state index contributed by atoms with van der Waals surface area (Å²) in [5, 5.41) is 0. The van der Waals surface area contributed by atoms with E-state index in [2.05, 4.69) is 119 Å². The third kappa shape index (κ3) is 12.6. The van der Waals surface area contributed by atoms with Crippen LogP contribution in [0.3, 0.4) is 0 Å². The molecule has 1 nitrogen and oxygen atoms in total.